The molecular formula is C25H30N2O5. The second kappa shape index (κ2) is 10.2. The van der Waals surface area contributed by atoms with Gasteiger partial charge in [0.1, 0.15) is 6.61 Å². The number of carbonyl (C=O) groups is 2. The zero-order valence-corrected chi connectivity index (χ0v) is 19.2. The largest absolute Gasteiger partial charge is 0.493 e. The topological polar surface area (TPSA) is 85.9 Å². The van der Waals surface area contributed by atoms with Gasteiger partial charge in [-0.15, -0.1) is 0 Å². The van der Waals surface area contributed by atoms with Gasteiger partial charge in [-0.3, -0.25) is 0 Å². The van der Waals surface area contributed by atoms with Crippen molar-refractivity contribution in [2.45, 2.75) is 46.3 Å². The van der Waals surface area contributed by atoms with Gasteiger partial charge in [-0.2, -0.15) is 0 Å². The molecule has 7 nitrogen and oxygen atoms in total. The fourth-order valence-electron chi connectivity index (χ4n) is 3.76. The van der Waals surface area contributed by atoms with Crippen LogP contribution in [0.3, 0.4) is 0 Å². The van der Waals surface area contributed by atoms with E-state index in [-0.39, 0.29) is 6.03 Å². The Morgan fingerprint density at radius 2 is 1.84 bits per heavy atom. The van der Waals surface area contributed by atoms with Crippen LogP contribution >= 0.6 is 0 Å². The minimum atomic E-state index is -0.653. The second-order valence-electron chi connectivity index (χ2n) is 7.79. The van der Waals surface area contributed by atoms with Crippen LogP contribution in [0.2, 0.25) is 0 Å². The average molecular weight is 439 g/mol. The summed E-state index contributed by atoms with van der Waals surface area (Å²) in [7, 11) is 2.89. The van der Waals surface area contributed by atoms with Gasteiger partial charge in [-0.25, -0.2) is 9.59 Å². The number of urea groups is 1. The molecule has 0 spiro atoms. The summed E-state index contributed by atoms with van der Waals surface area (Å²) in [6, 6.07) is 10.6. The lowest BCUT2D eigenvalue weighted by Crippen LogP contribution is -2.45. The number of benzene rings is 2. The van der Waals surface area contributed by atoms with Crippen molar-refractivity contribution in [3.63, 3.8) is 0 Å². The molecule has 3 rings (SSSR count). The quantitative estimate of drug-likeness (QED) is 0.594. The fourth-order valence-corrected chi connectivity index (χ4v) is 3.76. The maximum atomic E-state index is 12.6. The smallest absolute Gasteiger partial charge is 0.337 e. The van der Waals surface area contributed by atoms with Crippen LogP contribution < -0.4 is 20.1 Å². The number of allylic oxidation sites excluding steroid dienone is 1. The number of esters is 1. The number of hydrogen-bond acceptors (Lipinski definition) is 5. The number of carbonyl (C=O) groups excluding carboxylic acids is 2. The summed E-state index contributed by atoms with van der Waals surface area (Å²) in [6.45, 7) is 6.48. The van der Waals surface area contributed by atoms with Gasteiger partial charge in [-0.1, -0.05) is 43.2 Å². The molecule has 1 atom stereocenters. The highest BCUT2D eigenvalue weighted by Gasteiger charge is 2.33. The predicted octanol–water partition coefficient (Wildman–Crippen LogP) is 4.47. The Balaban J connectivity index is 1.92. The summed E-state index contributed by atoms with van der Waals surface area (Å²) in [5.41, 5.74) is 5.08. The highest BCUT2D eigenvalue weighted by molar-refractivity contribution is 5.95. The molecule has 2 aromatic rings. The minimum absolute atomic E-state index is 0.361. The van der Waals surface area contributed by atoms with E-state index in [2.05, 4.69) is 28.8 Å². The third-order valence-electron chi connectivity index (χ3n) is 5.47. The van der Waals surface area contributed by atoms with E-state index in [1.807, 2.05) is 26.8 Å². The Morgan fingerprint density at radius 3 is 2.53 bits per heavy atom. The van der Waals surface area contributed by atoms with Gasteiger partial charge in [0.25, 0.3) is 0 Å². The van der Waals surface area contributed by atoms with Crippen molar-refractivity contribution in [2.75, 3.05) is 14.2 Å². The predicted molar refractivity (Wildman–Crippen MR) is 122 cm³/mol. The summed E-state index contributed by atoms with van der Waals surface area (Å²) in [4.78, 5) is 24.8. The number of ether oxygens (including phenoxy) is 3. The van der Waals surface area contributed by atoms with Crippen LogP contribution in [0, 0.1) is 13.8 Å². The summed E-state index contributed by atoms with van der Waals surface area (Å²) in [5.74, 6) is 0.608. The molecular weight excluding hydrogens is 408 g/mol. The molecule has 0 fully saturated rings. The molecule has 0 saturated heterocycles. The van der Waals surface area contributed by atoms with Crippen LogP contribution in [0.15, 0.2) is 47.7 Å². The van der Waals surface area contributed by atoms with Gasteiger partial charge in [0, 0.05) is 5.70 Å². The highest BCUT2D eigenvalue weighted by atomic mass is 16.5. The van der Waals surface area contributed by atoms with E-state index in [1.165, 1.54) is 12.7 Å². The number of amides is 2. The molecule has 2 N–H and O–H groups in total. The van der Waals surface area contributed by atoms with Crippen LogP contribution in [0.5, 0.6) is 11.5 Å². The van der Waals surface area contributed by atoms with Crippen LogP contribution in [-0.2, 0) is 16.1 Å². The Kier molecular flexibility index (Phi) is 7.41. The van der Waals surface area contributed by atoms with Gasteiger partial charge in [0.05, 0.1) is 25.8 Å². The molecule has 2 aromatic carbocycles. The van der Waals surface area contributed by atoms with Gasteiger partial charge >= 0.3 is 12.0 Å². The molecule has 0 saturated carbocycles. The number of hydrogen-bond donors (Lipinski definition) is 2. The summed E-state index contributed by atoms with van der Waals surface area (Å²) < 4.78 is 16.6. The molecule has 1 heterocycles. The number of methoxy groups -OCH3 is 2. The van der Waals surface area contributed by atoms with Gasteiger partial charge in [0.15, 0.2) is 11.5 Å². The van der Waals surface area contributed by atoms with Crippen molar-refractivity contribution in [1.29, 1.82) is 0 Å². The SMILES string of the molecule is CCCC1=C(C(=O)OC)C(c2ccc(OCc3cc(C)ccc3C)c(OC)c2)NC(=O)N1. The maximum absolute atomic E-state index is 12.6. The maximum Gasteiger partial charge on any atom is 0.337 e. The molecule has 1 aliphatic rings. The first-order valence-electron chi connectivity index (χ1n) is 10.6. The van der Waals surface area contributed by atoms with Crippen molar-refractivity contribution in [1.82, 2.24) is 10.6 Å². The highest BCUT2D eigenvalue weighted by Crippen LogP contribution is 2.35. The van der Waals surface area contributed by atoms with Crippen molar-refractivity contribution < 1.29 is 23.8 Å². The summed E-state index contributed by atoms with van der Waals surface area (Å²) in [6.07, 6.45) is 1.33. The number of rotatable bonds is 8. The molecule has 0 aromatic heterocycles. The monoisotopic (exact) mass is 438 g/mol. The Labute approximate surface area is 188 Å². The fraction of sp³-hybridized carbons (Fsp3) is 0.360. The lowest BCUT2D eigenvalue weighted by molar-refractivity contribution is -0.136. The zero-order chi connectivity index (χ0) is 23.3. The lowest BCUT2D eigenvalue weighted by Gasteiger charge is -2.29. The second-order valence-corrected chi connectivity index (χ2v) is 7.79. The number of aryl methyl sites for hydroxylation is 2. The first-order chi connectivity index (χ1) is 15.4. The van der Waals surface area contributed by atoms with E-state index >= 15 is 0 Å². The summed E-state index contributed by atoms with van der Waals surface area (Å²) >= 11 is 0. The van der Waals surface area contributed by atoms with Crippen molar-refractivity contribution in [2.24, 2.45) is 0 Å². The molecule has 2 amide bonds. The van der Waals surface area contributed by atoms with Crippen LogP contribution in [0.25, 0.3) is 0 Å². The third-order valence-corrected chi connectivity index (χ3v) is 5.47. The van der Waals surface area contributed by atoms with Crippen LogP contribution in [-0.4, -0.2) is 26.2 Å². The normalized spacial score (nSPS) is 15.7. The summed E-state index contributed by atoms with van der Waals surface area (Å²) in [5, 5.41) is 5.57. The van der Waals surface area contributed by atoms with Crippen LogP contribution in [0.1, 0.15) is 48.1 Å². The third kappa shape index (κ3) is 5.04. The van der Waals surface area contributed by atoms with Crippen molar-refractivity contribution in [3.05, 3.63) is 69.9 Å². The van der Waals surface area contributed by atoms with E-state index in [9.17, 15) is 9.59 Å². The first kappa shape index (κ1) is 23.2. The van der Waals surface area contributed by atoms with Gasteiger partial charge in [0.2, 0.25) is 0 Å². The Hall–Kier alpha value is -3.48. The van der Waals surface area contributed by atoms with Crippen LogP contribution in [0.4, 0.5) is 4.79 Å². The minimum Gasteiger partial charge on any atom is -0.493 e. The van der Waals surface area contributed by atoms with E-state index in [0.29, 0.717) is 41.4 Å². The molecule has 0 aliphatic carbocycles. The first-order valence-corrected chi connectivity index (χ1v) is 10.6. The van der Waals surface area contributed by atoms with Crippen molar-refractivity contribution >= 4 is 12.0 Å². The van der Waals surface area contributed by atoms with Gasteiger partial charge in [-0.05, 0) is 49.1 Å². The van der Waals surface area contributed by atoms with Gasteiger partial charge < -0.3 is 24.8 Å². The standard InChI is InChI=1S/C25H30N2O5/c1-6-7-19-22(24(28)31-5)23(27-25(29)26-19)17-10-11-20(21(13-17)30-4)32-14-18-12-15(2)8-9-16(18)3/h8-13,23H,6-7,14H2,1-5H3,(H2,26,27,29). The Bertz CT molecular complexity index is 1040. The van der Waals surface area contributed by atoms with E-state index in [0.717, 1.165) is 17.5 Å². The lowest BCUT2D eigenvalue weighted by atomic mass is 9.93. The van der Waals surface area contributed by atoms with E-state index in [1.54, 1.807) is 19.2 Å². The van der Waals surface area contributed by atoms with Crippen molar-refractivity contribution in [3.8, 4) is 11.5 Å². The molecule has 0 radical (unpaired) electrons. The molecule has 32 heavy (non-hydrogen) atoms. The average Bonchev–Trinajstić information content (AvgIpc) is 2.79. The molecule has 0 bridgehead atoms. The molecule has 7 heteroatoms. The molecule has 170 valence electrons. The zero-order valence-electron chi connectivity index (χ0n) is 19.2. The molecule has 1 aliphatic heterocycles. The number of nitrogens with one attached hydrogen (secondary N) is 2. The van der Waals surface area contributed by atoms with E-state index < -0.39 is 12.0 Å². The van der Waals surface area contributed by atoms with E-state index in [4.69, 9.17) is 14.2 Å². The Morgan fingerprint density at radius 1 is 1.06 bits per heavy atom. The molecule has 1 unspecified atom stereocenters.